The molecule has 0 radical (unpaired) electrons. The summed E-state index contributed by atoms with van der Waals surface area (Å²) in [5, 5.41) is 0. The van der Waals surface area contributed by atoms with Gasteiger partial charge in [-0.3, -0.25) is 4.79 Å². The average Bonchev–Trinajstić information content (AvgIpc) is 3.06. The van der Waals surface area contributed by atoms with Gasteiger partial charge in [0.25, 0.3) is 0 Å². The van der Waals surface area contributed by atoms with Crippen molar-refractivity contribution < 1.29 is 4.79 Å². The molecule has 0 N–H and O–H groups in total. The summed E-state index contributed by atoms with van der Waals surface area (Å²) in [5.41, 5.74) is 1.33. The Balaban J connectivity index is 1.11. The molecule has 1 aliphatic carbocycles. The second-order valence-electron chi connectivity index (χ2n) is 10.7. The van der Waals surface area contributed by atoms with Crippen molar-refractivity contribution in [2.45, 2.75) is 76.3 Å². The third-order valence-corrected chi connectivity index (χ3v) is 8.55. The number of carbonyl (C=O) groups excluding carboxylic acids is 1. The molecule has 3 saturated heterocycles. The normalized spacial score (nSPS) is 33.0. The van der Waals surface area contributed by atoms with Crippen LogP contribution in [0.5, 0.6) is 0 Å². The van der Waals surface area contributed by atoms with Crippen LogP contribution in [-0.2, 0) is 4.79 Å². The lowest BCUT2D eigenvalue weighted by atomic mass is 9.80. The number of piperazine rings is 1. The zero-order valence-electron chi connectivity index (χ0n) is 19.4. The Bertz CT molecular complexity index is 738. The van der Waals surface area contributed by atoms with Gasteiger partial charge >= 0.3 is 0 Å². The smallest absolute Gasteiger partial charge is 0.225 e. The van der Waals surface area contributed by atoms with Gasteiger partial charge in [0.2, 0.25) is 5.95 Å². The molecule has 2 bridgehead atoms. The average molecular weight is 426 g/mol. The van der Waals surface area contributed by atoms with Crippen LogP contribution in [0.1, 0.15) is 69.8 Å². The molecule has 4 aliphatic rings. The highest BCUT2D eigenvalue weighted by Gasteiger charge is 2.40. The molecule has 3 aliphatic heterocycles. The number of hydrogen-bond acceptors (Lipinski definition) is 6. The van der Waals surface area contributed by atoms with E-state index in [9.17, 15) is 4.79 Å². The summed E-state index contributed by atoms with van der Waals surface area (Å²) in [6.45, 7) is 7.62. The summed E-state index contributed by atoms with van der Waals surface area (Å²) >= 11 is 0. The van der Waals surface area contributed by atoms with E-state index >= 15 is 0 Å². The monoisotopic (exact) mass is 425 g/mol. The van der Waals surface area contributed by atoms with Gasteiger partial charge in [0.05, 0.1) is 0 Å². The topological polar surface area (TPSA) is 52.6 Å². The number of anilines is 1. The standard InChI is InChI=1S/C25H39N5O/c1-18(31)20-5-3-19(4-6-20)15-29-11-9-21(10-12-29)22-13-26-25(27-14-22)30-23-7-8-24(30)17-28(2)16-23/h13-14,19-21,23-24H,3-12,15-17H2,1-2H3. The van der Waals surface area contributed by atoms with Crippen molar-refractivity contribution in [1.29, 1.82) is 0 Å². The lowest BCUT2D eigenvalue weighted by molar-refractivity contribution is -0.121. The highest BCUT2D eigenvalue weighted by Crippen LogP contribution is 2.35. The Kier molecular flexibility index (Phi) is 6.29. The van der Waals surface area contributed by atoms with E-state index in [4.69, 9.17) is 9.97 Å². The number of aromatic nitrogens is 2. The van der Waals surface area contributed by atoms with Crippen LogP contribution in [0.3, 0.4) is 0 Å². The Morgan fingerprint density at radius 1 is 0.935 bits per heavy atom. The largest absolute Gasteiger partial charge is 0.332 e. The van der Waals surface area contributed by atoms with Gasteiger partial charge in [0.1, 0.15) is 5.78 Å². The Morgan fingerprint density at radius 3 is 2.13 bits per heavy atom. The quantitative estimate of drug-likeness (QED) is 0.721. The summed E-state index contributed by atoms with van der Waals surface area (Å²) in [6, 6.07) is 1.17. The maximum atomic E-state index is 11.6. The molecule has 31 heavy (non-hydrogen) atoms. The minimum atomic E-state index is 0.339. The molecule has 5 rings (SSSR count). The van der Waals surface area contributed by atoms with Crippen LogP contribution < -0.4 is 4.90 Å². The van der Waals surface area contributed by atoms with Crippen molar-refractivity contribution in [2.24, 2.45) is 11.8 Å². The summed E-state index contributed by atoms with van der Waals surface area (Å²) in [7, 11) is 2.23. The van der Waals surface area contributed by atoms with Gasteiger partial charge in [-0.2, -0.15) is 0 Å². The number of likely N-dealkylation sites (tertiary alicyclic amines) is 2. The van der Waals surface area contributed by atoms with E-state index in [0.717, 1.165) is 37.8 Å². The lowest BCUT2D eigenvalue weighted by Crippen LogP contribution is -2.53. The third-order valence-electron chi connectivity index (χ3n) is 8.55. The Morgan fingerprint density at radius 2 is 1.55 bits per heavy atom. The lowest BCUT2D eigenvalue weighted by Gasteiger charge is -2.39. The molecule has 6 nitrogen and oxygen atoms in total. The highest BCUT2D eigenvalue weighted by atomic mass is 16.1. The van der Waals surface area contributed by atoms with Crippen molar-refractivity contribution in [3.63, 3.8) is 0 Å². The van der Waals surface area contributed by atoms with Crippen molar-refractivity contribution >= 4 is 11.7 Å². The first kappa shape index (κ1) is 21.3. The Hall–Kier alpha value is -1.53. The van der Waals surface area contributed by atoms with E-state index in [1.54, 1.807) is 6.92 Å². The number of hydrogen-bond donors (Lipinski definition) is 0. The van der Waals surface area contributed by atoms with Gasteiger partial charge in [0, 0.05) is 50.0 Å². The number of Topliss-reactive ketones (excluding diaryl/α,β-unsaturated/α-hetero) is 1. The zero-order chi connectivity index (χ0) is 21.4. The number of piperidine rings is 1. The van der Waals surface area contributed by atoms with Crippen LogP contribution in [0.25, 0.3) is 0 Å². The second kappa shape index (κ2) is 9.14. The van der Waals surface area contributed by atoms with Crippen molar-refractivity contribution in [3.8, 4) is 0 Å². The van der Waals surface area contributed by atoms with Crippen molar-refractivity contribution in [2.75, 3.05) is 44.7 Å². The number of rotatable bonds is 5. The first-order valence-corrected chi connectivity index (χ1v) is 12.6. The molecule has 0 aromatic carbocycles. The van der Waals surface area contributed by atoms with Gasteiger partial charge in [-0.25, -0.2) is 9.97 Å². The maximum absolute atomic E-state index is 11.6. The molecule has 0 spiro atoms. The third kappa shape index (κ3) is 4.65. The van der Waals surface area contributed by atoms with E-state index < -0.39 is 0 Å². The maximum Gasteiger partial charge on any atom is 0.225 e. The van der Waals surface area contributed by atoms with Crippen LogP contribution in [0.2, 0.25) is 0 Å². The first-order chi connectivity index (χ1) is 15.1. The minimum Gasteiger partial charge on any atom is -0.332 e. The van der Waals surface area contributed by atoms with Crippen LogP contribution in [0.15, 0.2) is 12.4 Å². The molecule has 0 amide bonds. The fraction of sp³-hybridized carbons (Fsp3) is 0.800. The van der Waals surface area contributed by atoms with Crippen LogP contribution in [0.4, 0.5) is 5.95 Å². The molecule has 1 saturated carbocycles. The zero-order valence-corrected chi connectivity index (χ0v) is 19.4. The molecule has 2 atom stereocenters. The fourth-order valence-electron chi connectivity index (χ4n) is 6.68. The van der Waals surface area contributed by atoms with Crippen LogP contribution >= 0.6 is 0 Å². The number of nitrogens with zero attached hydrogens (tertiary/aromatic N) is 5. The van der Waals surface area contributed by atoms with Crippen molar-refractivity contribution in [1.82, 2.24) is 19.8 Å². The molecule has 6 heteroatoms. The molecule has 4 heterocycles. The SMILES string of the molecule is CC(=O)C1CCC(CN2CCC(c3cnc(N4C5CCC4CN(C)C5)nc3)CC2)CC1. The molecule has 1 aromatic heterocycles. The van der Waals surface area contributed by atoms with E-state index in [1.807, 2.05) is 0 Å². The van der Waals surface area contributed by atoms with Gasteiger partial charge in [-0.1, -0.05) is 0 Å². The van der Waals surface area contributed by atoms with Crippen LogP contribution in [-0.4, -0.2) is 77.4 Å². The number of fused-ring (bicyclic) bond motifs is 2. The van der Waals surface area contributed by atoms with Crippen LogP contribution in [0, 0.1) is 11.8 Å². The minimum absolute atomic E-state index is 0.339. The van der Waals surface area contributed by atoms with E-state index in [1.165, 1.54) is 63.7 Å². The molecule has 4 fully saturated rings. The van der Waals surface area contributed by atoms with E-state index in [0.29, 0.717) is 29.7 Å². The van der Waals surface area contributed by atoms with E-state index in [2.05, 4.69) is 34.1 Å². The number of carbonyl (C=O) groups is 1. The summed E-state index contributed by atoms with van der Waals surface area (Å²) in [5.74, 6) is 3.07. The van der Waals surface area contributed by atoms with E-state index in [-0.39, 0.29) is 0 Å². The summed E-state index contributed by atoms with van der Waals surface area (Å²) < 4.78 is 0. The summed E-state index contributed by atoms with van der Waals surface area (Å²) in [4.78, 5) is 28.9. The van der Waals surface area contributed by atoms with Gasteiger partial charge in [-0.15, -0.1) is 0 Å². The highest BCUT2D eigenvalue weighted by molar-refractivity contribution is 5.78. The number of likely N-dealkylation sites (N-methyl/N-ethyl adjacent to an activating group) is 1. The van der Waals surface area contributed by atoms with Gasteiger partial charge in [0.15, 0.2) is 0 Å². The summed E-state index contributed by atoms with van der Waals surface area (Å²) in [6.07, 6.45) is 13.9. The van der Waals surface area contributed by atoms with Crippen molar-refractivity contribution in [3.05, 3.63) is 18.0 Å². The molecule has 170 valence electrons. The second-order valence-corrected chi connectivity index (χ2v) is 10.7. The number of ketones is 1. The molecular weight excluding hydrogens is 386 g/mol. The first-order valence-electron chi connectivity index (χ1n) is 12.6. The van der Waals surface area contributed by atoms with Gasteiger partial charge < -0.3 is 14.7 Å². The molecule has 1 aromatic rings. The van der Waals surface area contributed by atoms with Gasteiger partial charge in [-0.05, 0) is 95.8 Å². The fourth-order valence-corrected chi connectivity index (χ4v) is 6.68. The predicted octanol–water partition coefficient (Wildman–Crippen LogP) is 3.33. The Labute approximate surface area is 187 Å². The molecular formula is C25H39N5O. The predicted molar refractivity (Wildman–Crippen MR) is 123 cm³/mol. The molecule has 2 unspecified atom stereocenters.